The molecule has 1 N–H and O–H groups in total. The molecular weight excluding hydrogens is 1030 g/mol. The average Bonchev–Trinajstić information content (AvgIpc) is 3.36. The molecule has 0 bridgehead atoms. The third-order valence-electron chi connectivity index (χ3n) is 28.6. The van der Waals surface area contributed by atoms with Crippen molar-refractivity contribution >= 4 is 39.9 Å². The van der Waals surface area contributed by atoms with Gasteiger partial charge in [-0.15, -0.1) is 0 Å². The monoisotopic (exact) mass is 1150 g/mol. The number of carbonyl (C=O) groups excluding carboxylic acids is 3. The van der Waals surface area contributed by atoms with E-state index in [9.17, 15) is 19.5 Å². The lowest BCUT2D eigenvalue weighted by atomic mass is 9.41. The maximum atomic E-state index is 12.3. The van der Waals surface area contributed by atoms with Crippen LogP contribution in [0.2, 0.25) is 0 Å². The number of carbonyl (C=O) groups is 3. The minimum Gasteiger partial charge on any atom is -0.393 e. The number of ketones is 3. The average molecular weight is 1150 g/mol. The molecule has 0 aromatic heterocycles. The highest BCUT2D eigenvalue weighted by atomic mass is 127. The van der Waals surface area contributed by atoms with Gasteiger partial charge >= 0.3 is 0 Å². The van der Waals surface area contributed by atoms with Crippen LogP contribution < -0.4 is 0 Å². The Morgan fingerprint density at radius 1 is 0.400 bits per heavy atom. The van der Waals surface area contributed by atoms with Crippen molar-refractivity contribution < 1.29 is 19.5 Å². The predicted molar refractivity (Wildman–Crippen MR) is 323 cm³/mol. The minimum atomic E-state index is -0.0507. The molecule has 4 nitrogen and oxygen atoms in total. The van der Waals surface area contributed by atoms with Crippen molar-refractivity contribution in [3.8, 4) is 0 Å². The molecule has 0 aliphatic heterocycles. The zero-order valence-corrected chi connectivity index (χ0v) is 52.3. The summed E-state index contributed by atoms with van der Waals surface area (Å²) in [6.07, 6.45) is 40.1. The summed E-state index contributed by atoms with van der Waals surface area (Å²) in [5.41, 5.74) is 2.74. The summed E-state index contributed by atoms with van der Waals surface area (Å²) in [5.74, 6) is 15.0. The molecule has 0 unspecified atom stereocenters. The summed E-state index contributed by atoms with van der Waals surface area (Å²) in [7, 11) is 0. The molecule has 0 aromatic carbocycles. The van der Waals surface area contributed by atoms with E-state index in [2.05, 4.69) is 78.0 Å². The molecule has 12 aliphatic carbocycles. The number of alkyl halides is 1. The molecule has 0 aromatic rings. The zero-order valence-electron chi connectivity index (χ0n) is 50.2. The maximum absolute atomic E-state index is 12.3. The van der Waals surface area contributed by atoms with E-state index in [4.69, 9.17) is 0 Å². The highest BCUT2D eigenvalue weighted by Gasteiger charge is 2.62. The van der Waals surface area contributed by atoms with E-state index >= 15 is 0 Å². The van der Waals surface area contributed by atoms with Crippen molar-refractivity contribution in [3.05, 3.63) is 0 Å². The molecule has 12 aliphatic rings. The van der Waals surface area contributed by atoms with Crippen molar-refractivity contribution in [3.63, 3.8) is 0 Å². The number of aliphatic hydroxyl groups is 1. The largest absolute Gasteiger partial charge is 0.393 e. The van der Waals surface area contributed by atoms with Crippen LogP contribution in [-0.4, -0.2) is 33.5 Å². The molecule has 430 valence electrons. The van der Waals surface area contributed by atoms with Gasteiger partial charge in [-0.1, -0.05) is 111 Å². The Bertz CT molecular complexity index is 1890. The van der Waals surface area contributed by atoms with Crippen molar-refractivity contribution in [2.24, 2.45) is 133 Å². The van der Waals surface area contributed by atoms with Gasteiger partial charge in [0.25, 0.3) is 0 Å². The van der Waals surface area contributed by atoms with Gasteiger partial charge in [0.05, 0.1) is 6.10 Å². The predicted octanol–water partition coefficient (Wildman–Crippen LogP) is 19.2. The zero-order chi connectivity index (χ0) is 53.3. The number of Topliss-reactive ketones (excluding diaryl/α,β-unsaturated/α-hetero) is 3. The number of hydrogen-bond acceptors (Lipinski definition) is 4. The van der Waals surface area contributed by atoms with E-state index in [0.717, 1.165) is 109 Å². The molecule has 12 rings (SSSR count). The van der Waals surface area contributed by atoms with Gasteiger partial charge < -0.3 is 5.11 Å². The quantitative estimate of drug-likeness (QED) is 0.226. The normalized spacial score (nSPS) is 52.2. The van der Waals surface area contributed by atoms with Crippen LogP contribution in [0.1, 0.15) is 276 Å². The lowest BCUT2D eigenvalue weighted by molar-refractivity contribution is -0.159. The Labute approximate surface area is 476 Å². The Balaban J connectivity index is 0.000000146. The van der Waals surface area contributed by atoms with Crippen LogP contribution in [0.25, 0.3) is 0 Å². The van der Waals surface area contributed by atoms with Gasteiger partial charge in [-0.3, -0.25) is 14.4 Å². The summed E-state index contributed by atoms with van der Waals surface area (Å²) in [6, 6.07) is 0. The second kappa shape index (κ2) is 23.5. The van der Waals surface area contributed by atoms with Gasteiger partial charge in [0.2, 0.25) is 0 Å². The van der Waals surface area contributed by atoms with Crippen LogP contribution in [-0.2, 0) is 14.4 Å². The first kappa shape index (κ1) is 60.8. The second-order valence-corrected chi connectivity index (χ2v) is 31.7. The van der Waals surface area contributed by atoms with Gasteiger partial charge in [0.15, 0.2) is 0 Å². The summed E-state index contributed by atoms with van der Waals surface area (Å²) >= 11 is 2.15. The Kier molecular flexibility index (Phi) is 19.1. The summed E-state index contributed by atoms with van der Waals surface area (Å²) in [6.45, 7) is 25.9. The van der Waals surface area contributed by atoms with E-state index in [0.29, 0.717) is 62.2 Å². The van der Waals surface area contributed by atoms with E-state index < -0.39 is 0 Å². The Morgan fingerprint density at radius 2 is 0.773 bits per heavy atom. The van der Waals surface area contributed by atoms with Gasteiger partial charge in [-0.25, -0.2) is 0 Å². The van der Waals surface area contributed by atoms with Crippen LogP contribution in [0.5, 0.6) is 0 Å². The van der Waals surface area contributed by atoms with Crippen LogP contribution in [0.15, 0.2) is 0 Å². The molecular formula is C70H119IO4. The topological polar surface area (TPSA) is 71.4 Å². The number of fused-ring (bicyclic) bond motifs is 15. The van der Waals surface area contributed by atoms with Crippen molar-refractivity contribution in [2.45, 2.75) is 282 Å². The molecule has 75 heavy (non-hydrogen) atoms. The summed E-state index contributed by atoms with van der Waals surface area (Å²) in [5, 5.41) is 10.1. The van der Waals surface area contributed by atoms with Crippen LogP contribution in [0.4, 0.5) is 0 Å². The fraction of sp³-hybridized carbons (Fsp3) is 0.957. The first-order valence-electron chi connectivity index (χ1n) is 32.6. The Morgan fingerprint density at radius 3 is 1.20 bits per heavy atom. The van der Waals surface area contributed by atoms with E-state index in [1.54, 1.807) is 0 Å². The van der Waals surface area contributed by atoms with Gasteiger partial charge in [-0.2, -0.15) is 0 Å². The van der Waals surface area contributed by atoms with Gasteiger partial charge in [0.1, 0.15) is 17.3 Å². The summed E-state index contributed by atoms with van der Waals surface area (Å²) < 4.78 is 0. The molecule has 12 fully saturated rings. The van der Waals surface area contributed by atoms with Crippen molar-refractivity contribution in [1.29, 1.82) is 0 Å². The molecule has 0 radical (unpaired) electrons. The number of halogens is 1. The van der Waals surface area contributed by atoms with Crippen LogP contribution >= 0.6 is 22.6 Å². The maximum Gasteiger partial charge on any atom is 0.133 e. The molecule has 24 atom stereocenters. The highest BCUT2D eigenvalue weighted by Crippen LogP contribution is 2.70. The van der Waals surface area contributed by atoms with E-state index in [-0.39, 0.29) is 18.9 Å². The molecule has 5 heteroatoms. The standard InChI is InChI=1S/2C23H38O.C22H36O2.CH3I.CH4/c1-15-9-12-23(4)18(13-15)6-7-19-20-8-5-17(16(2)24)14-22(20,3)11-10-21(19)23;1-15-10-12-22(3)17(14-15)8-9-18-20-7-5-6-19(16(2)24)23(20,4)13-11-21(18)22;1-14(23)18-5-4-6-19-17-8-7-15-13-16(24)9-11-21(15,2)20(17)10-12-22(18,19)3;1-2;/h2*15,17-21H,5-14H2,1-4H3;15-20,24H,4-13H2,1-3H3;1H3;1H4/t15-,17-,18+,19+,20+,21+,22-,23+;15-,17+,18+,19+,20+,21+,22+,23-;15-,16+,17-,18-,19-,20-,21-,22+;;/m110../s1. The molecule has 0 amide bonds. The van der Waals surface area contributed by atoms with E-state index in [1.165, 1.54) is 167 Å². The first-order chi connectivity index (χ1) is 35.1. The minimum absolute atomic E-state index is 0. The van der Waals surface area contributed by atoms with Crippen LogP contribution in [0.3, 0.4) is 0 Å². The Hall–Kier alpha value is -0.300. The molecule has 0 spiro atoms. The van der Waals surface area contributed by atoms with Gasteiger partial charge in [0, 0.05) is 17.8 Å². The smallest absolute Gasteiger partial charge is 0.133 e. The highest BCUT2D eigenvalue weighted by molar-refractivity contribution is 14.1. The fourth-order valence-electron chi connectivity index (χ4n) is 24.5. The second-order valence-electron chi connectivity index (χ2n) is 31.7. The molecule has 0 heterocycles. The number of hydrogen-bond donors (Lipinski definition) is 1. The third-order valence-corrected chi connectivity index (χ3v) is 28.6. The van der Waals surface area contributed by atoms with Crippen molar-refractivity contribution in [2.75, 3.05) is 4.93 Å². The van der Waals surface area contributed by atoms with Crippen molar-refractivity contribution in [1.82, 2.24) is 0 Å². The molecule has 0 saturated heterocycles. The van der Waals surface area contributed by atoms with Crippen LogP contribution in [0, 0.1) is 133 Å². The fourth-order valence-corrected chi connectivity index (χ4v) is 24.5. The van der Waals surface area contributed by atoms with E-state index in [1.807, 2.05) is 25.7 Å². The lowest BCUT2D eigenvalue weighted by Crippen LogP contribution is -2.57. The SMILES string of the molecule is C.CC(=O)[C@@H]1CCC[C@H]2[C@@H]3CC[C@H]4C[C@H](C)CC[C@]4(C)[C@H]3CC[C@]12C.CC(=O)[C@@H]1CCC[C@H]2[C@@H]3CC[C@H]4C[C@H](O)CC[C@]4(C)[C@H]3CC[C@]12C.CC(=O)[C@@H]1CC[C@H]2[C@@H]3CC[C@H]4C[C@H](C)CC[C@]4(C)[C@H]3CC[C@]2(C)C1.CI. The first-order valence-corrected chi connectivity index (χ1v) is 34.8. The third kappa shape index (κ3) is 10.9. The van der Waals surface area contributed by atoms with Gasteiger partial charge in [-0.05, 0) is 308 Å². The number of rotatable bonds is 3. The number of aliphatic hydroxyl groups excluding tert-OH is 1. The lowest BCUT2D eigenvalue weighted by Gasteiger charge is -2.63. The summed E-state index contributed by atoms with van der Waals surface area (Å²) in [4.78, 5) is 38.6. The molecule has 12 saturated carbocycles.